The van der Waals surface area contributed by atoms with Gasteiger partial charge in [-0.25, -0.2) is 0 Å². The number of hydrogen-bond donors (Lipinski definition) is 1. The Hall–Kier alpha value is -2.41. The second kappa shape index (κ2) is 7.58. The number of aliphatic hydroxyl groups is 1. The van der Waals surface area contributed by atoms with Gasteiger partial charge in [-0.15, -0.1) is 0 Å². The molecule has 2 aliphatic rings. The molecule has 0 amide bonds. The van der Waals surface area contributed by atoms with Crippen LogP contribution in [-0.2, 0) is 20.7 Å². The van der Waals surface area contributed by atoms with Crippen LogP contribution in [0.3, 0.4) is 0 Å². The van der Waals surface area contributed by atoms with E-state index in [-0.39, 0.29) is 0 Å². The fraction of sp³-hybridized carbons (Fsp3) is 0.280. The molecular formula is C25H21BrClNO4. The van der Waals surface area contributed by atoms with Crippen molar-refractivity contribution in [1.29, 1.82) is 0 Å². The van der Waals surface area contributed by atoms with E-state index in [1.807, 2.05) is 61.5 Å². The maximum Gasteiger partial charge on any atom is 0.309 e. The molecule has 1 saturated carbocycles. The molecule has 0 bridgehead atoms. The minimum atomic E-state index is -1.60. The van der Waals surface area contributed by atoms with Crippen LogP contribution in [0.15, 0.2) is 71.3 Å². The van der Waals surface area contributed by atoms with E-state index in [1.165, 1.54) is 13.3 Å². The van der Waals surface area contributed by atoms with Gasteiger partial charge in [0, 0.05) is 28.6 Å². The SMILES string of the molecule is COC(=O)[C@H]1[C@@H](C)[C@@]2(O)c3ncc(Cl)cc3O[C@@]2(c2ccc(Br)cc2)[C@@H]1c1ccccc1. The summed E-state index contributed by atoms with van der Waals surface area (Å²) in [6.07, 6.45) is 1.50. The Morgan fingerprint density at radius 3 is 2.53 bits per heavy atom. The number of carbonyl (C=O) groups excluding carboxylic acids is 1. The molecular weight excluding hydrogens is 494 g/mol. The van der Waals surface area contributed by atoms with E-state index < -0.39 is 34.9 Å². The zero-order valence-electron chi connectivity index (χ0n) is 17.5. The lowest BCUT2D eigenvalue weighted by Gasteiger charge is -2.40. The third kappa shape index (κ3) is 2.73. The van der Waals surface area contributed by atoms with Crippen LogP contribution in [0.1, 0.15) is 29.7 Å². The third-order valence-electron chi connectivity index (χ3n) is 6.92. The molecule has 5 atom stereocenters. The van der Waals surface area contributed by atoms with Crippen molar-refractivity contribution in [2.75, 3.05) is 7.11 Å². The summed E-state index contributed by atoms with van der Waals surface area (Å²) in [6, 6.07) is 18.9. The van der Waals surface area contributed by atoms with E-state index in [9.17, 15) is 9.90 Å². The number of esters is 1. The maximum absolute atomic E-state index is 13.1. The average Bonchev–Trinajstić information content (AvgIpc) is 3.17. The summed E-state index contributed by atoms with van der Waals surface area (Å²) in [4.78, 5) is 17.6. The lowest BCUT2D eigenvalue weighted by molar-refractivity contribution is -0.149. The Kier molecular flexibility index (Phi) is 5.08. The molecule has 1 aromatic heterocycles. The number of aromatic nitrogens is 1. The van der Waals surface area contributed by atoms with Gasteiger partial charge in [-0.3, -0.25) is 9.78 Å². The number of halogens is 2. The normalized spacial score (nSPS) is 30.3. The van der Waals surface area contributed by atoms with Gasteiger partial charge in [0.05, 0.1) is 18.1 Å². The number of methoxy groups -OCH3 is 1. The van der Waals surface area contributed by atoms with Crippen molar-refractivity contribution in [2.45, 2.75) is 24.0 Å². The molecule has 5 nitrogen and oxygen atoms in total. The molecule has 2 aromatic carbocycles. The van der Waals surface area contributed by atoms with Crippen LogP contribution < -0.4 is 4.74 Å². The van der Waals surface area contributed by atoms with Gasteiger partial charge in [0.1, 0.15) is 11.4 Å². The first-order valence-electron chi connectivity index (χ1n) is 10.3. The van der Waals surface area contributed by atoms with Gasteiger partial charge in [0.15, 0.2) is 11.2 Å². The van der Waals surface area contributed by atoms with E-state index in [4.69, 9.17) is 21.1 Å². The fourth-order valence-electron chi connectivity index (χ4n) is 5.60. The summed E-state index contributed by atoms with van der Waals surface area (Å²) >= 11 is 9.71. The number of fused-ring (bicyclic) bond motifs is 3. The maximum atomic E-state index is 13.1. The van der Waals surface area contributed by atoms with Crippen molar-refractivity contribution in [3.8, 4) is 5.75 Å². The standard InChI is InChI=1S/C25H21BrClNO4/c1-14-20(23(29)31-2)21(15-6-4-3-5-7-15)25(16-8-10-17(26)11-9-16)24(14,30)22-19(32-25)12-18(27)13-28-22/h3-14,20-21,30H,1-2H3/t14-,20+,21-,24-,25+/m1/s1. The van der Waals surface area contributed by atoms with Crippen LogP contribution in [0.4, 0.5) is 0 Å². The number of carbonyl (C=O) groups is 1. The molecule has 0 unspecified atom stereocenters. The first-order valence-corrected chi connectivity index (χ1v) is 11.5. The van der Waals surface area contributed by atoms with Crippen LogP contribution in [-0.4, -0.2) is 23.2 Å². The summed E-state index contributed by atoms with van der Waals surface area (Å²) < 4.78 is 12.8. The van der Waals surface area contributed by atoms with Gasteiger partial charge in [-0.2, -0.15) is 0 Å². The largest absolute Gasteiger partial charge is 0.476 e. The van der Waals surface area contributed by atoms with E-state index in [0.29, 0.717) is 16.5 Å². The third-order valence-corrected chi connectivity index (χ3v) is 7.65. The van der Waals surface area contributed by atoms with Gasteiger partial charge in [0.2, 0.25) is 0 Å². The Bertz CT molecular complexity index is 1190. The van der Waals surface area contributed by atoms with Crippen molar-refractivity contribution in [1.82, 2.24) is 4.98 Å². The summed E-state index contributed by atoms with van der Waals surface area (Å²) in [7, 11) is 1.37. The van der Waals surface area contributed by atoms with Gasteiger partial charge in [0.25, 0.3) is 0 Å². The molecule has 2 heterocycles. The van der Waals surface area contributed by atoms with Crippen molar-refractivity contribution in [2.24, 2.45) is 11.8 Å². The van der Waals surface area contributed by atoms with Gasteiger partial charge >= 0.3 is 5.97 Å². The zero-order chi connectivity index (χ0) is 22.7. The Morgan fingerprint density at radius 2 is 1.88 bits per heavy atom. The van der Waals surface area contributed by atoms with Crippen molar-refractivity contribution in [3.05, 3.63) is 93.2 Å². The van der Waals surface area contributed by atoms with E-state index in [1.54, 1.807) is 6.07 Å². The molecule has 1 fully saturated rings. The molecule has 5 rings (SSSR count). The molecule has 1 aliphatic heterocycles. The fourth-order valence-corrected chi connectivity index (χ4v) is 6.01. The molecule has 164 valence electrons. The van der Waals surface area contributed by atoms with Crippen LogP contribution in [0, 0.1) is 11.8 Å². The molecule has 0 radical (unpaired) electrons. The summed E-state index contributed by atoms with van der Waals surface area (Å²) in [6.45, 7) is 1.85. The lowest BCUT2D eigenvalue weighted by Crippen LogP contribution is -2.50. The summed E-state index contributed by atoms with van der Waals surface area (Å²) in [5.74, 6) is -1.74. The number of pyridine rings is 1. The number of hydrogen-bond acceptors (Lipinski definition) is 5. The minimum absolute atomic E-state index is 0.379. The second-order valence-electron chi connectivity index (χ2n) is 8.34. The topological polar surface area (TPSA) is 68.7 Å². The van der Waals surface area contributed by atoms with E-state index in [2.05, 4.69) is 20.9 Å². The lowest BCUT2D eigenvalue weighted by atomic mass is 9.71. The van der Waals surface area contributed by atoms with Crippen molar-refractivity contribution in [3.63, 3.8) is 0 Å². The minimum Gasteiger partial charge on any atom is -0.476 e. The van der Waals surface area contributed by atoms with Gasteiger partial charge in [-0.1, -0.05) is 76.9 Å². The zero-order valence-corrected chi connectivity index (χ0v) is 19.8. The highest BCUT2D eigenvalue weighted by Gasteiger charge is 2.77. The number of benzene rings is 2. The van der Waals surface area contributed by atoms with Gasteiger partial charge in [-0.05, 0) is 23.3 Å². The van der Waals surface area contributed by atoms with Crippen LogP contribution in [0.25, 0.3) is 0 Å². The predicted octanol–water partition coefficient (Wildman–Crippen LogP) is 5.20. The molecule has 32 heavy (non-hydrogen) atoms. The monoisotopic (exact) mass is 513 g/mol. The number of nitrogens with zero attached hydrogens (tertiary/aromatic N) is 1. The van der Waals surface area contributed by atoms with Crippen LogP contribution >= 0.6 is 27.5 Å². The van der Waals surface area contributed by atoms with E-state index in [0.717, 1.165) is 15.6 Å². The molecule has 0 saturated heterocycles. The molecule has 1 N–H and O–H groups in total. The highest BCUT2D eigenvalue weighted by molar-refractivity contribution is 9.10. The summed E-state index contributed by atoms with van der Waals surface area (Å²) in [5, 5.41) is 12.9. The Labute approximate surface area is 199 Å². The second-order valence-corrected chi connectivity index (χ2v) is 9.69. The average molecular weight is 515 g/mol. The Morgan fingerprint density at radius 1 is 1.19 bits per heavy atom. The van der Waals surface area contributed by atoms with Crippen LogP contribution in [0.2, 0.25) is 5.02 Å². The molecule has 3 aromatic rings. The van der Waals surface area contributed by atoms with Crippen molar-refractivity contribution >= 4 is 33.5 Å². The number of ether oxygens (including phenoxy) is 2. The first kappa shape index (κ1) is 21.4. The first-order chi connectivity index (χ1) is 15.3. The van der Waals surface area contributed by atoms with Crippen molar-refractivity contribution < 1.29 is 19.4 Å². The highest BCUT2D eigenvalue weighted by atomic mass is 79.9. The molecule has 0 spiro atoms. The van der Waals surface area contributed by atoms with E-state index >= 15 is 0 Å². The molecule has 1 aliphatic carbocycles. The highest BCUT2D eigenvalue weighted by Crippen LogP contribution is 2.70. The van der Waals surface area contributed by atoms with Crippen LogP contribution in [0.5, 0.6) is 5.75 Å². The smallest absolute Gasteiger partial charge is 0.309 e. The van der Waals surface area contributed by atoms with Gasteiger partial charge < -0.3 is 14.6 Å². The number of rotatable bonds is 3. The predicted molar refractivity (Wildman–Crippen MR) is 123 cm³/mol. The summed E-state index contributed by atoms with van der Waals surface area (Å²) in [5.41, 5.74) is -0.922. The quantitative estimate of drug-likeness (QED) is 0.487. The Balaban J connectivity index is 1.87. The molecule has 7 heteroatoms.